The average molecular weight is 557 g/mol. The number of benzene rings is 2. The number of rotatable bonds is 7. The maximum Gasteiger partial charge on any atom is 0.255 e. The van der Waals surface area contributed by atoms with Crippen LogP contribution in [0, 0.1) is 0 Å². The van der Waals surface area contributed by atoms with Crippen molar-refractivity contribution in [1.29, 1.82) is 0 Å². The number of β-amino-alcohol motifs (C(OH)–C–C–N with tert-alkyl or cyclic N) is 1. The average Bonchev–Trinajstić information content (AvgIpc) is 3.19. The minimum absolute atomic E-state index is 0.149. The predicted octanol–water partition coefficient (Wildman–Crippen LogP) is 1.77. The number of carbonyl (C=O) groups is 3. The molecule has 2 aromatic rings. The van der Waals surface area contributed by atoms with Gasteiger partial charge in [-0.05, 0) is 54.4 Å². The Kier molecular flexibility index (Phi) is 7.27. The normalized spacial score (nSPS) is 21.4. The van der Waals surface area contributed by atoms with Crippen LogP contribution in [0.25, 0.3) is 0 Å². The van der Waals surface area contributed by atoms with E-state index in [1.54, 1.807) is 18.2 Å². The number of hydrogen-bond acceptors (Lipinski definition) is 7. The van der Waals surface area contributed by atoms with E-state index < -0.39 is 18.1 Å². The lowest BCUT2D eigenvalue weighted by Gasteiger charge is -2.36. The van der Waals surface area contributed by atoms with Crippen LogP contribution in [-0.2, 0) is 16.1 Å². The van der Waals surface area contributed by atoms with Gasteiger partial charge >= 0.3 is 0 Å². The number of fused-ring (bicyclic) bond motifs is 1. The van der Waals surface area contributed by atoms with Crippen LogP contribution in [-0.4, -0.2) is 84.1 Å². The Morgan fingerprint density at radius 1 is 1.06 bits per heavy atom. The Bertz CT molecular complexity index is 1150. The van der Waals surface area contributed by atoms with Crippen LogP contribution >= 0.6 is 15.9 Å². The van der Waals surface area contributed by atoms with Crippen molar-refractivity contribution in [3.8, 4) is 5.75 Å². The highest BCUT2D eigenvalue weighted by molar-refractivity contribution is 9.10. The largest absolute Gasteiger partial charge is 0.491 e. The standard InChI is InChI=1S/C26H29BrN4O5/c27-18-1-3-19(4-2-18)30-11-9-29(10-12-30)15-20(32)16-36-21-5-6-22-17(13-21)14-31(26(22)35)23-7-8-24(33)28-25(23)34/h1-6,13,20,23,32H,7-12,14-16H2,(H,28,33,34)/t20-,23?/m1/s1. The zero-order valence-corrected chi connectivity index (χ0v) is 21.4. The monoisotopic (exact) mass is 556 g/mol. The van der Waals surface area contributed by atoms with Gasteiger partial charge in [-0.3, -0.25) is 24.6 Å². The summed E-state index contributed by atoms with van der Waals surface area (Å²) in [5.74, 6) is -0.370. The molecule has 0 radical (unpaired) electrons. The number of piperazine rings is 1. The molecular formula is C26H29BrN4O5. The number of amides is 3. The molecule has 5 rings (SSSR count). The quantitative estimate of drug-likeness (QED) is 0.501. The van der Waals surface area contributed by atoms with Gasteiger partial charge in [-0.1, -0.05) is 15.9 Å². The number of nitrogens with zero attached hydrogens (tertiary/aromatic N) is 3. The second-order valence-corrected chi connectivity index (χ2v) is 10.4. The zero-order valence-electron chi connectivity index (χ0n) is 19.9. The third-order valence-corrected chi connectivity index (χ3v) is 7.50. The van der Waals surface area contributed by atoms with Gasteiger partial charge in [0, 0.05) is 61.4 Å². The summed E-state index contributed by atoms with van der Waals surface area (Å²) in [6.45, 7) is 4.50. The highest BCUT2D eigenvalue weighted by Crippen LogP contribution is 2.30. The van der Waals surface area contributed by atoms with Crippen LogP contribution < -0.4 is 15.0 Å². The summed E-state index contributed by atoms with van der Waals surface area (Å²) in [5.41, 5.74) is 2.52. The summed E-state index contributed by atoms with van der Waals surface area (Å²) in [5, 5.41) is 12.9. The lowest BCUT2D eigenvalue weighted by atomic mass is 10.0. The Hall–Kier alpha value is -2.95. The molecule has 2 saturated heterocycles. The smallest absolute Gasteiger partial charge is 0.255 e. The molecule has 3 heterocycles. The molecule has 0 saturated carbocycles. The Balaban J connectivity index is 1.10. The van der Waals surface area contributed by atoms with Crippen LogP contribution in [0.1, 0.15) is 28.8 Å². The van der Waals surface area contributed by atoms with E-state index >= 15 is 0 Å². The van der Waals surface area contributed by atoms with Crippen LogP contribution in [0.2, 0.25) is 0 Å². The van der Waals surface area contributed by atoms with Crippen molar-refractivity contribution in [2.24, 2.45) is 0 Å². The molecule has 0 spiro atoms. The first kappa shape index (κ1) is 24.7. The molecule has 2 N–H and O–H groups in total. The molecule has 9 nitrogen and oxygen atoms in total. The number of anilines is 1. The van der Waals surface area contributed by atoms with Gasteiger partial charge in [0.15, 0.2) is 0 Å². The summed E-state index contributed by atoms with van der Waals surface area (Å²) < 4.78 is 6.91. The number of carbonyl (C=O) groups excluding carboxylic acids is 3. The van der Waals surface area contributed by atoms with E-state index in [1.165, 1.54) is 10.6 Å². The SMILES string of the molecule is O=C1CCC(N2Cc3cc(OC[C@H](O)CN4CCN(c5ccc(Br)cc5)CC4)ccc3C2=O)C(=O)N1. The van der Waals surface area contributed by atoms with E-state index in [2.05, 4.69) is 43.2 Å². The van der Waals surface area contributed by atoms with Gasteiger partial charge in [0.25, 0.3) is 5.91 Å². The fraction of sp³-hybridized carbons (Fsp3) is 0.423. The maximum absolute atomic E-state index is 12.8. The molecule has 36 heavy (non-hydrogen) atoms. The van der Waals surface area contributed by atoms with Gasteiger partial charge in [0.2, 0.25) is 11.8 Å². The lowest BCUT2D eigenvalue weighted by molar-refractivity contribution is -0.136. The third-order valence-electron chi connectivity index (χ3n) is 6.97. The molecular weight excluding hydrogens is 528 g/mol. The Morgan fingerprint density at radius 2 is 1.81 bits per heavy atom. The number of aliphatic hydroxyl groups excluding tert-OH is 1. The number of nitrogens with one attached hydrogen (secondary N) is 1. The van der Waals surface area contributed by atoms with E-state index in [0.29, 0.717) is 30.8 Å². The third kappa shape index (κ3) is 5.40. The highest BCUT2D eigenvalue weighted by Gasteiger charge is 2.39. The molecule has 0 bridgehead atoms. The van der Waals surface area contributed by atoms with Gasteiger partial charge in [0.1, 0.15) is 24.5 Å². The topological polar surface area (TPSA) is 102 Å². The molecule has 2 fully saturated rings. The van der Waals surface area contributed by atoms with Crippen molar-refractivity contribution in [1.82, 2.24) is 15.1 Å². The molecule has 0 aromatic heterocycles. The number of halogens is 1. The minimum atomic E-state index is -0.641. The van der Waals surface area contributed by atoms with Gasteiger partial charge in [-0.15, -0.1) is 0 Å². The van der Waals surface area contributed by atoms with Gasteiger partial charge in [-0.2, -0.15) is 0 Å². The lowest BCUT2D eigenvalue weighted by Crippen LogP contribution is -2.52. The molecule has 1 unspecified atom stereocenters. The van der Waals surface area contributed by atoms with Crippen molar-refractivity contribution in [2.75, 3.05) is 44.2 Å². The van der Waals surface area contributed by atoms with Crippen molar-refractivity contribution < 1.29 is 24.2 Å². The number of imide groups is 1. The summed E-state index contributed by atoms with van der Waals surface area (Å²) in [4.78, 5) is 42.6. The van der Waals surface area contributed by atoms with Crippen molar-refractivity contribution in [3.63, 3.8) is 0 Å². The first-order valence-electron chi connectivity index (χ1n) is 12.2. The summed E-state index contributed by atoms with van der Waals surface area (Å²) in [6.07, 6.45) is -0.0848. The molecule has 10 heteroatoms. The van der Waals surface area contributed by atoms with Crippen molar-refractivity contribution in [2.45, 2.75) is 31.5 Å². The van der Waals surface area contributed by atoms with E-state index in [1.807, 2.05) is 12.1 Å². The number of piperidine rings is 1. The molecule has 0 aliphatic carbocycles. The van der Waals surface area contributed by atoms with Crippen LogP contribution in [0.4, 0.5) is 5.69 Å². The van der Waals surface area contributed by atoms with Crippen LogP contribution in [0.3, 0.4) is 0 Å². The van der Waals surface area contributed by atoms with E-state index in [-0.39, 0.29) is 24.8 Å². The summed E-state index contributed by atoms with van der Waals surface area (Å²) in [6, 6.07) is 12.9. The van der Waals surface area contributed by atoms with E-state index in [9.17, 15) is 19.5 Å². The first-order valence-corrected chi connectivity index (χ1v) is 13.0. The van der Waals surface area contributed by atoms with E-state index in [4.69, 9.17) is 4.74 Å². The zero-order chi connectivity index (χ0) is 25.2. The summed E-state index contributed by atoms with van der Waals surface area (Å²) in [7, 11) is 0. The first-order chi connectivity index (χ1) is 17.4. The molecule has 2 atom stereocenters. The fourth-order valence-electron chi connectivity index (χ4n) is 5.02. The van der Waals surface area contributed by atoms with Crippen molar-refractivity contribution in [3.05, 3.63) is 58.1 Å². The van der Waals surface area contributed by atoms with Crippen LogP contribution in [0.5, 0.6) is 5.75 Å². The van der Waals surface area contributed by atoms with Gasteiger partial charge < -0.3 is 19.6 Å². The summed E-state index contributed by atoms with van der Waals surface area (Å²) >= 11 is 3.47. The Morgan fingerprint density at radius 3 is 2.53 bits per heavy atom. The predicted molar refractivity (Wildman–Crippen MR) is 137 cm³/mol. The number of ether oxygens (including phenoxy) is 1. The number of hydrogen-bond donors (Lipinski definition) is 2. The minimum Gasteiger partial charge on any atom is -0.491 e. The molecule has 190 valence electrons. The van der Waals surface area contributed by atoms with E-state index in [0.717, 1.165) is 36.2 Å². The molecule has 3 amide bonds. The molecule has 3 aliphatic heterocycles. The maximum atomic E-state index is 12.8. The molecule has 3 aliphatic rings. The highest BCUT2D eigenvalue weighted by atomic mass is 79.9. The van der Waals surface area contributed by atoms with Gasteiger partial charge in [0.05, 0.1) is 0 Å². The second kappa shape index (κ2) is 10.6. The number of aliphatic hydroxyl groups is 1. The molecule has 2 aromatic carbocycles. The van der Waals surface area contributed by atoms with Crippen molar-refractivity contribution >= 4 is 39.3 Å². The fourth-order valence-corrected chi connectivity index (χ4v) is 5.29. The Labute approximate surface area is 218 Å². The van der Waals surface area contributed by atoms with Crippen LogP contribution in [0.15, 0.2) is 46.9 Å². The van der Waals surface area contributed by atoms with Gasteiger partial charge in [-0.25, -0.2) is 0 Å². The second-order valence-electron chi connectivity index (χ2n) is 9.45.